The van der Waals surface area contributed by atoms with Crippen molar-refractivity contribution in [3.8, 4) is 0 Å². The molecule has 0 fully saturated rings. The van der Waals surface area contributed by atoms with Crippen molar-refractivity contribution in [3.63, 3.8) is 0 Å². The van der Waals surface area contributed by atoms with Crippen LogP contribution in [0.4, 0.5) is 0 Å². The maximum Gasteiger partial charge on any atom is 0.472 e. The highest BCUT2D eigenvalue weighted by Crippen LogP contribution is 2.45. The summed E-state index contributed by atoms with van der Waals surface area (Å²) < 4.78 is 68.1. The Bertz CT molecular complexity index is 1720. The van der Waals surface area contributed by atoms with E-state index in [0.717, 1.165) is 108 Å². The fourth-order valence-corrected chi connectivity index (χ4v) is 12.0. The van der Waals surface area contributed by atoms with Gasteiger partial charge in [0.1, 0.15) is 19.3 Å². The number of hydrogen-bond donors (Lipinski definition) is 3. The van der Waals surface area contributed by atoms with Crippen LogP contribution in [0, 0.1) is 11.8 Å². The highest BCUT2D eigenvalue weighted by Gasteiger charge is 2.30. The molecule has 522 valence electrons. The fraction of sp³-hybridized carbons (Fsp3) is 0.942. The van der Waals surface area contributed by atoms with Gasteiger partial charge < -0.3 is 33.8 Å². The Balaban J connectivity index is 5.18. The van der Waals surface area contributed by atoms with Gasteiger partial charge in [-0.25, -0.2) is 9.13 Å². The Hall–Kier alpha value is -1.94. The second-order valence-electron chi connectivity index (χ2n) is 25.6. The van der Waals surface area contributed by atoms with Gasteiger partial charge in [-0.15, -0.1) is 0 Å². The van der Waals surface area contributed by atoms with Crippen LogP contribution in [0.15, 0.2) is 0 Å². The van der Waals surface area contributed by atoms with Crippen molar-refractivity contribution in [2.75, 3.05) is 39.6 Å². The van der Waals surface area contributed by atoms with E-state index >= 15 is 0 Å². The second kappa shape index (κ2) is 61.3. The number of unbranched alkanes of at least 4 members (excludes halogenated alkanes) is 37. The van der Waals surface area contributed by atoms with Crippen LogP contribution in [0.1, 0.15) is 350 Å². The van der Waals surface area contributed by atoms with Crippen molar-refractivity contribution >= 4 is 39.5 Å². The molecule has 0 radical (unpaired) electrons. The number of rotatable bonds is 68. The number of phosphoric ester groups is 2. The SMILES string of the molecule is CCCCCCCCCCCCCC(=O)OC[C@H](COP(=O)(O)OC[C@@H](O)COP(=O)(O)OC[C@@H](COC(=O)CCCCCCCCCC)OC(=O)CCCCCCCCC(C)CC)OC(=O)CCCCCCCCCCCCCCCCCCC(C)C. The molecule has 19 heteroatoms. The van der Waals surface area contributed by atoms with Crippen LogP contribution in [-0.2, 0) is 65.4 Å². The number of ether oxygens (including phenoxy) is 4. The van der Waals surface area contributed by atoms with Crippen molar-refractivity contribution in [2.24, 2.45) is 11.8 Å². The lowest BCUT2D eigenvalue weighted by atomic mass is 10.00. The van der Waals surface area contributed by atoms with E-state index in [9.17, 15) is 43.2 Å². The topological polar surface area (TPSA) is 237 Å². The Morgan fingerprint density at radius 1 is 0.330 bits per heavy atom. The van der Waals surface area contributed by atoms with Crippen LogP contribution in [0.3, 0.4) is 0 Å². The molecule has 6 atom stereocenters. The Morgan fingerprint density at radius 2 is 0.580 bits per heavy atom. The molecule has 0 bridgehead atoms. The molecule has 0 aromatic heterocycles. The summed E-state index contributed by atoms with van der Waals surface area (Å²) in [6.45, 7) is 9.49. The molecule has 0 heterocycles. The third kappa shape index (κ3) is 61.6. The number of carbonyl (C=O) groups excluding carboxylic acids is 4. The van der Waals surface area contributed by atoms with E-state index in [1.165, 1.54) is 161 Å². The average Bonchev–Trinajstić information content (AvgIpc) is 3.59. The lowest BCUT2D eigenvalue weighted by Crippen LogP contribution is -2.30. The molecule has 0 rings (SSSR count). The first-order chi connectivity index (χ1) is 42.4. The number of aliphatic hydroxyl groups is 1. The predicted octanol–water partition coefficient (Wildman–Crippen LogP) is 19.6. The molecule has 3 N–H and O–H groups in total. The lowest BCUT2D eigenvalue weighted by Gasteiger charge is -2.21. The van der Waals surface area contributed by atoms with Gasteiger partial charge in [0.2, 0.25) is 0 Å². The molecule has 3 unspecified atom stereocenters. The normalized spacial score (nSPS) is 14.5. The minimum absolute atomic E-state index is 0.103. The Labute approximate surface area is 537 Å². The molecule has 88 heavy (non-hydrogen) atoms. The van der Waals surface area contributed by atoms with Crippen molar-refractivity contribution in [2.45, 2.75) is 368 Å². The standard InChI is InChI=1S/C69H134O17P2/c1-7-10-12-14-16-18-25-29-33-40-46-52-67(72)80-57-64(85-68(73)53-47-41-34-30-27-24-22-20-19-21-23-26-28-31-37-43-49-61(4)5)59-83-87(75,76)81-55-63(70)56-82-88(77,78)84-60-65(58-79-66(71)51-45-39-32-17-15-13-11-8-2)86-69(74)54-48-42-36-35-38-44-50-62(6)9-3/h61-65,70H,7-60H2,1-6H3,(H,75,76)(H,77,78)/t62?,63-,64-,65-/m1/s1. The van der Waals surface area contributed by atoms with E-state index in [2.05, 4.69) is 41.5 Å². The van der Waals surface area contributed by atoms with E-state index in [0.29, 0.717) is 25.7 Å². The van der Waals surface area contributed by atoms with E-state index in [1.807, 2.05) is 0 Å². The molecular weight excluding hydrogens is 1160 g/mol. The quantitative estimate of drug-likeness (QED) is 0.0222. The molecule has 0 saturated heterocycles. The second-order valence-corrected chi connectivity index (χ2v) is 28.5. The van der Waals surface area contributed by atoms with Crippen molar-refractivity contribution in [1.29, 1.82) is 0 Å². The summed E-state index contributed by atoms with van der Waals surface area (Å²) in [5, 5.41) is 10.6. The molecule has 0 aromatic rings. The summed E-state index contributed by atoms with van der Waals surface area (Å²) >= 11 is 0. The van der Waals surface area contributed by atoms with Gasteiger partial charge in [0.05, 0.1) is 26.4 Å². The molecule has 0 aliphatic rings. The first-order valence-corrected chi connectivity index (χ1v) is 39.0. The Morgan fingerprint density at radius 3 is 0.864 bits per heavy atom. The van der Waals surface area contributed by atoms with Gasteiger partial charge in [0, 0.05) is 25.7 Å². The zero-order valence-corrected chi connectivity index (χ0v) is 58.8. The highest BCUT2D eigenvalue weighted by atomic mass is 31.2. The predicted molar refractivity (Wildman–Crippen MR) is 354 cm³/mol. The van der Waals surface area contributed by atoms with Crippen molar-refractivity contribution < 1.29 is 80.2 Å². The Kier molecular flexibility index (Phi) is 59.9. The van der Waals surface area contributed by atoms with Crippen LogP contribution in [-0.4, -0.2) is 96.7 Å². The summed E-state index contributed by atoms with van der Waals surface area (Å²) in [7, 11) is -9.89. The molecule has 17 nitrogen and oxygen atoms in total. The van der Waals surface area contributed by atoms with E-state index in [-0.39, 0.29) is 25.7 Å². The highest BCUT2D eigenvalue weighted by molar-refractivity contribution is 7.47. The number of hydrogen-bond acceptors (Lipinski definition) is 15. The van der Waals surface area contributed by atoms with E-state index in [4.69, 9.17) is 37.0 Å². The number of phosphoric acid groups is 2. The minimum Gasteiger partial charge on any atom is -0.462 e. The first kappa shape index (κ1) is 86.1. The summed E-state index contributed by atoms with van der Waals surface area (Å²) in [5.74, 6) is -0.601. The van der Waals surface area contributed by atoms with Crippen LogP contribution in [0.2, 0.25) is 0 Å². The summed E-state index contributed by atoms with van der Waals surface area (Å²) in [6.07, 6.45) is 45.9. The maximum absolute atomic E-state index is 13.0. The van der Waals surface area contributed by atoms with E-state index < -0.39 is 97.5 Å². The number of carbonyl (C=O) groups is 4. The number of esters is 4. The maximum atomic E-state index is 13.0. The average molecular weight is 1300 g/mol. The van der Waals surface area contributed by atoms with Gasteiger partial charge in [-0.2, -0.15) is 0 Å². The van der Waals surface area contributed by atoms with E-state index in [1.54, 1.807) is 0 Å². The number of aliphatic hydroxyl groups excluding tert-OH is 1. The molecule has 0 saturated carbocycles. The van der Waals surface area contributed by atoms with Crippen molar-refractivity contribution in [1.82, 2.24) is 0 Å². The van der Waals surface area contributed by atoms with Gasteiger partial charge in [-0.05, 0) is 37.5 Å². The molecule has 0 spiro atoms. The molecule has 0 aromatic carbocycles. The minimum atomic E-state index is -4.95. The van der Waals surface area contributed by atoms with Crippen LogP contribution in [0.25, 0.3) is 0 Å². The molecule has 0 aliphatic heterocycles. The van der Waals surface area contributed by atoms with Gasteiger partial charge >= 0.3 is 39.5 Å². The van der Waals surface area contributed by atoms with Gasteiger partial charge in [0.25, 0.3) is 0 Å². The summed E-state index contributed by atoms with van der Waals surface area (Å²) in [4.78, 5) is 72.3. The third-order valence-corrected chi connectivity index (χ3v) is 18.2. The zero-order chi connectivity index (χ0) is 65.0. The molecular formula is C69H134O17P2. The molecule has 0 amide bonds. The molecule has 0 aliphatic carbocycles. The zero-order valence-electron chi connectivity index (χ0n) is 57.0. The van der Waals surface area contributed by atoms with Gasteiger partial charge in [-0.1, -0.05) is 298 Å². The van der Waals surface area contributed by atoms with Gasteiger partial charge in [0.15, 0.2) is 12.2 Å². The van der Waals surface area contributed by atoms with Crippen LogP contribution in [0.5, 0.6) is 0 Å². The van der Waals surface area contributed by atoms with Crippen LogP contribution < -0.4 is 0 Å². The summed E-state index contributed by atoms with van der Waals surface area (Å²) in [5.41, 5.74) is 0. The fourth-order valence-electron chi connectivity index (χ4n) is 10.4. The third-order valence-electron chi connectivity index (χ3n) is 16.3. The van der Waals surface area contributed by atoms with Crippen molar-refractivity contribution in [3.05, 3.63) is 0 Å². The van der Waals surface area contributed by atoms with Gasteiger partial charge in [-0.3, -0.25) is 37.3 Å². The summed E-state index contributed by atoms with van der Waals surface area (Å²) in [6, 6.07) is 0. The largest absolute Gasteiger partial charge is 0.472 e. The lowest BCUT2D eigenvalue weighted by molar-refractivity contribution is -0.161. The smallest absolute Gasteiger partial charge is 0.462 e. The van der Waals surface area contributed by atoms with Crippen LogP contribution >= 0.6 is 15.6 Å². The first-order valence-electron chi connectivity index (χ1n) is 36.0. The monoisotopic (exact) mass is 1300 g/mol.